The molecule has 1 aromatic rings. The summed E-state index contributed by atoms with van der Waals surface area (Å²) in [4.78, 5) is 37.3. The van der Waals surface area contributed by atoms with Crippen molar-refractivity contribution >= 4 is 41.4 Å². The molecule has 6 atom stereocenters. The summed E-state index contributed by atoms with van der Waals surface area (Å²) < 4.78 is 5.23. The van der Waals surface area contributed by atoms with E-state index in [9.17, 15) is 29.7 Å². The fourth-order valence-corrected chi connectivity index (χ4v) is 5.90. The number of carboxylic acid groups (broad SMARTS) is 2. The van der Waals surface area contributed by atoms with Crippen LogP contribution in [0.15, 0.2) is 29.2 Å². The van der Waals surface area contributed by atoms with E-state index in [-0.39, 0.29) is 5.75 Å². The van der Waals surface area contributed by atoms with Crippen molar-refractivity contribution in [1.82, 2.24) is 5.32 Å². The number of carbonyl (C=O) groups excluding carboxylic acids is 1. The first-order valence-corrected chi connectivity index (χ1v) is 10.8. The monoisotopic (exact) mass is 457 g/mol. The standard InChI is InChI=1S/C20H24ClNO7S/c1-19(2,3)29-18(28)22-20(17(26)27)11(8-30-10-6-4-5-9(21)7-10)15(23)12-13(14(12)20)16(24)25/h4-7,11-15,23H,8H2,1-3H3,(H,22,28)(H,24,25)(H,26,27)/t11-,12+,13+,14+,15-,20+/m1/s1. The van der Waals surface area contributed by atoms with E-state index in [1.54, 1.807) is 45.0 Å². The molecule has 1 amide bonds. The van der Waals surface area contributed by atoms with E-state index in [0.717, 1.165) is 4.90 Å². The lowest BCUT2D eigenvalue weighted by Gasteiger charge is -2.37. The Bertz CT molecular complexity index is 873. The van der Waals surface area contributed by atoms with Crippen LogP contribution in [0.25, 0.3) is 0 Å². The SMILES string of the molecule is CC(C)(C)OC(=O)N[C@]1(C(=O)O)[C@@H]2[C@@H](C(=O)O)[C@@H]2[C@H](O)[C@H]1CSc1cccc(Cl)c1. The lowest BCUT2D eigenvalue weighted by molar-refractivity contribution is -0.150. The molecule has 0 aromatic heterocycles. The van der Waals surface area contributed by atoms with Gasteiger partial charge in [-0.3, -0.25) is 4.79 Å². The maximum absolute atomic E-state index is 12.5. The van der Waals surface area contributed by atoms with Crippen LogP contribution in [0.4, 0.5) is 4.79 Å². The van der Waals surface area contributed by atoms with Gasteiger partial charge >= 0.3 is 18.0 Å². The van der Waals surface area contributed by atoms with Gasteiger partial charge in [0, 0.05) is 33.4 Å². The lowest BCUT2D eigenvalue weighted by Crippen LogP contribution is -2.63. The number of nitrogens with one attached hydrogen (secondary N) is 1. The van der Waals surface area contributed by atoms with E-state index < -0.39 is 58.9 Å². The number of alkyl carbamates (subject to hydrolysis) is 1. The molecule has 0 bridgehead atoms. The van der Waals surface area contributed by atoms with Gasteiger partial charge < -0.3 is 25.4 Å². The molecular formula is C20H24ClNO7S. The average molecular weight is 458 g/mol. The van der Waals surface area contributed by atoms with Crippen LogP contribution in [0.5, 0.6) is 0 Å². The van der Waals surface area contributed by atoms with E-state index >= 15 is 0 Å². The first kappa shape index (κ1) is 22.7. The summed E-state index contributed by atoms with van der Waals surface area (Å²) in [5.41, 5.74) is -2.83. The van der Waals surface area contributed by atoms with Crippen LogP contribution in [0.2, 0.25) is 5.02 Å². The molecule has 164 valence electrons. The number of aliphatic hydroxyl groups excluding tert-OH is 1. The summed E-state index contributed by atoms with van der Waals surface area (Å²) in [6.07, 6.45) is -2.17. The highest BCUT2D eigenvalue weighted by atomic mass is 35.5. The molecule has 8 nitrogen and oxygen atoms in total. The lowest BCUT2D eigenvalue weighted by atomic mass is 9.80. The average Bonchev–Trinajstić information content (AvgIpc) is 3.30. The number of halogens is 1. The van der Waals surface area contributed by atoms with Gasteiger partial charge in [-0.05, 0) is 39.0 Å². The van der Waals surface area contributed by atoms with Gasteiger partial charge in [-0.25, -0.2) is 9.59 Å². The first-order chi connectivity index (χ1) is 13.9. The summed E-state index contributed by atoms with van der Waals surface area (Å²) in [6, 6.07) is 6.95. The second kappa shape index (κ2) is 7.94. The van der Waals surface area contributed by atoms with Gasteiger partial charge in [-0.1, -0.05) is 17.7 Å². The quantitative estimate of drug-likeness (QED) is 0.479. The van der Waals surface area contributed by atoms with Crippen LogP contribution >= 0.6 is 23.4 Å². The Morgan fingerprint density at radius 1 is 1.27 bits per heavy atom. The second-order valence-corrected chi connectivity index (χ2v) is 10.2. The highest BCUT2D eigenvalue weighted by Crippen LogP contribution is 2.65. The number of benzene rings is 1. The minimum atomic E-state index is -1.96. The third kappa shape index (κ3) is 4.10. The largest absolute Gasteiger partial charge is 0.481 e. The van der Waals surface area contributed by atoms with E-state index in [0.29, 0.717) is 5.02 Å². The number of hydrogen-bond donors (Lipinski definition) is 4. The normalized spacial score (nSPS) is 32.2. The van der Waals surface area contributed by atoms with Gasteiger partial charge in [0.15, 0.2) is 5.54 Å². The van der Waals surface area contributed by atoms with E-state index in [1.165, 1.54) is 11.8 Å². The number of thioether (sulfide) groups is 1. The number of hydrogen-bond acceptors (Lipinski definition) is 6. The smallest absolute Gasteiger partial charge is 0.408 e. The summed E-state index contributed by atoms with van der Waals surface area (Å²) in [5, 5.41) is 33.4. The molecule has 0 heterocycles. The van der Waals surface area contributed by atoms with E-state index in [2.05, 4.69) is 5.32 Å². The van der Waals surface area contributed by atoms with Crippen molar-refractivity contribution < 1.29 is 34.4 Å². The molecule has 2 aliphatic carbocycles. The molecule has 0 radical (unpaired) electrons. The summed E-state index contributed by atoms with van der Waals surface area (Å²) in [7, 11) is 0. The van der Waals surface area contributed by atoms with Crippen LogP contribution in [0, 0.1) is 23.7 Å². The summed E-state index contributed by atoms with van der Waals surface area (Å²) >= 11 is 7.27. The van der Waals surface area contributed by atoms with Crippen LogP contribution in [-0.4, -0.2) is 56.3 Å². The number of fused-ring (bicyclic) bond motifs is 1. The van der Waals surface area contributed by atoms with Gasteiger partial charge in [-0.15, -0.1) is 11.8 Å². The number of ether oxygens (including phenoxy) is 1. The van der Waals surface area contributed by atoms with Gasteiger partial charge in [0.2, 0.25) is 0 Å². The molecule has 2 aliphatic rings. The Labute approximate surface area is 182 Å². The predicted molar refractivity (Wildman–Crippen MR) is 110 cm³/mol. The Balaban J connectivity index is 1.91. The van der Waals surface area contributed by atoms with Gasteiger partial charge in [0.05, 0.1) is 12.0 Å². The molecule has 0 saturated heterocycles. The van der Waals surface area contributed by atoms with Crippen molar-refractivity contribution in [3.8, 4) is 0 Å². The molecule has 1 aromatic carbocycles. The van der Waals surface area contributed by atoms with E-state index in [1.807, 2.05) is 0 Å². The molecule has 10 heteroatoms. The summed E-state index contributed by atoms with van der Waals surface area (Å²) in [6.45, 7) is 4.90. The zero-order valence-corrected chi connectivity index (χ0v) is 18.2. The Kier molecular flexibility index (Phi) is 6.01. The highest BCUT2D eigenvalue weighted by Gasteiger charge is 2.79. The number of rotatable bonds is 6. The topological polar surface area (TPSA) is 133 Å². The van der Waals surface area contributed by atoms with Crippen molar-refractivity contribution in [3.63, 3.8) is 0 Å². The van der Waals surface area contributed by atoms with Crippen LogP contribution < -0.4 is 5.32 Å². The fraction of sp³-hybridized carbons (Fsp3) is 0.550. The molecule has 2 fully saturated rings. The van der Waals surface area contributed by atoms with Crippen molar-refractivity contribution in [2.24, 2.45) is 23.7 Å². The number of carboxylic acids is 2. The fourth-order valence-electron chi connectivity index (χ4n) is 4.43. The number of aliphatic carboxylic acids is 2. The molecule has 0 aliphatic heterocycles. The van der Waals surface area contributed by atoms with Gasteiger partial charge in [0.25, 0.3) is 0 Å². The molecule has 3 rings (SSSR count). The second-order valence-electron chi connectivity index (χ2n) is 8.63. The Morgan fingerprint density at radius 2 is 1.93 bits per heavy atom. The third-order valence-corrected chi connectivity index (χ3v) is 6.91. The third-order valence-electron chi connectivity index (χ3n) is 5.57. The number of carbonyl (C=O) groups is 3. The minimum Gasteiger partial charge on any atom is -0.481 e. The van der Waals surface area contributed by atoms with Crippen LogP contribution in [-0.2, 0) is 14.3 Å². The van der Waals surface area contributed by atoms with Crippen molar-refractivity contribution in [2.75, 3.05) is 5.75 Å². The molecule has 0 unspecified atom stereocenters. The van der Waals surface area contributed by atoms with Crippen molar-refractivity contribution in [2.45, 2.75) is 42.9 Å². The Morgan fingerprint density at radius 3 is 2.47 bits per heavy atom. The van der Waals surface area contributed by atoms with Crippen molar-refractivity contribution in [3.05, 3.63) is 29.3 Å². The zero-order chi connectivity index (χ0) is 22.4. The minimum absolute atomic E-state index is 0.142. The van der Waals surface area contributed by atoms with Gasteiger partial charge in [0.1, 0.15) is 5.60 Å². The van der Waals surface area contributed by atoms with Crippen LogP contribution in [0.1, 0.15) is 20.8 Å². The molecule has 0 spiro atoms. The highest BCUT2D eigenvalue weighted by molar-refractivity contribution is 7.99. The van der Waals surface area contributed by atoms with Crippen LogP contribution in [0.3, 0.4) is 0 Å². The summed E-state index contributed by atoms with van der Waals surface area (Å²) in [5.74, 6) is -6.08. The molecule has 30 heavy (non-hydrogen) atoms. The maximum Gasteiger partial charge on any atom is 0.408 e. The van der Waals surface area contributed by atoms with Gasteiger partial charge in [-0.2, -0.15) is 0 Å². The number of amides is 1. The van der Waals surface area contributed by atoms with Crippen molar-refractivity contribution in [1.29, 1.82) is 0 Å². The molecule has 4 N–H and O–H groups in total. The first-order valence-electron chi connectivity index (χ1n) is 9.42. The molecular weight excluding hydrogens is 434 g/mol. The molecule has 2 saturated carbocycles. The zero-order valence-electron chi connectivity index (χ0n) is 16.7. The number of aliphatic hydroxyl groups is 1. The predicted octanol–water partition coefficient (Wildman–Crippen LogP) is 2.72. The van der Waals surface area contributed by atoms with E-state index in [4.69, 9.17) is 16.3 Å². The maximum atomic E-state index is 12.5. The Hall–Kier alpha value is -1.97.